The van der Waals surface area contributed by atoms with Crippen molar-refractivity contribution in [1.82, 2.24) is 5.32 Å². The Bertz CT molecular complexity index is 456. The van der Waals surface area contributed by atoms with Gasteiger partial charge in [-0.05, 0) is 50.6 Å². The molecule has 3 heteroatoms. The summed E-state index contributed by atoms with van der Waals surface area (Å²) in [6, 6.07) is 9.98. The van der Waals surface area contributed by atoms with E-state index in [1.54, 1.807) is 0 Å². The average Bonchev–Trinajstić information content (AvgIpc) is 2.53. The number of hydrogen-bond donors (Lipinski definition) is 2. The van der Waals surface area contributed by atoms with Crippen LogP contribution in [0.2, 0.25) is 0 Å². The maximum Gasteiger partial charge on any atom is 0.230 e. The SMILES string of the molecule is CC(C)(C(=O)NCC1CCCCC1CN)c1ccccc1. The molecule has 2 unspecified atom stereocenters. The van der Waals surface area contributed by atoms with Gasteiger partial charge in [0.05, 0.1) is 5.41 Å². The van der Waals surface area contributed by atoms with Crippen molar-refractivity contribution in [3.8, 4) is 0 Å². The molecule has 0 aliphatic heterocycles. The topological polar surface area (TPSA) is 55.1 Å². The van der Waals surface area contributed by atoms with Crippen molar-refractivity contribution >= 4 is 5.91 Å². The summed E-state index contributed by atoms with van der Waals surface area (Å²) in [5.41, 5.74) is 6.43. The van der Waals surface area contributed by atoms with E-state index in [9.17, 15) is 4.79 Å². The van der Waals surface area contributed by atoms with Crippen molar-refractivity contribution in [2.24, 2.45) is 17.6 Å². The molecule has 1 aromatic carbocycles. The molecule has 1 aromatic rings. The Balaban J connectivity index is 1.94. The largest absolute Gasteiger partial charge is 0.355 e. The third-order valence-electron chi connectivity index (χ3n) is 4.96. The van der Waals surface area contributed by atoms with Gasteiger partial charge in [-0.25, -0.2) is 0 Å². The molecule has 0 bridgehead atoms. The Kier molecular flexibility index (Phi) is 5.40. The van der Waals surface area contributed by atoms with Crippen LogP contribution in [0.4, 0.5) is 0 Å². The monoisotopic (exact) mass is 288 g/mol. The normalized spacial score (nSPS) is 22.8. The van der Waals surface area contributed by atoms with Gasteiger partial charge in [0.2, 0.25) is 5.91 Å². The van der Waals surface area contributed by atoms with E-state index in [0.29, 0.717) is 11.8 Å². The van der Waals surface area contributed by atoms with Crippen LogP contribution in [0.5, 0.6) is 0 Å². The van der Waals surface area contributed by atoms with Crippen LogP contribution in [0.25, 0.3) is 0 Å². The Morgan fingerprint density at radius 2 is 1.81 bits per heavy atom. The lowest BCUT2D eigenvalue weighted by molar-refractivity contribution is -0.126. The van der Waals surface area contributed by atoms with Gasteiger partial charge in [-0.1, -0.05) is 43.2 Å². The number of carbonyl (C=O) groups is 1. The first-order valence-electron chi connectivity index (χ1n) is 8.09. The van der Waals surface area contributed by atoms with Gasteiger partial charge in [0.25, 0.3) is 0 Å². The summed E-state index contributed by atoms with van der Waals surface area (Å²) in [5, 5.41) is 3.16. The summed E-state index contributed by atoms with van der Waals surface area (Å²) in [5.74, 6) is 1.22. The molecule has 1 amide bonds. The second-order valence-corrected chi connectivity index (χ2v) is 6.74. The Morgan fingerprint density at radius 3 is 2.43 bits per heavy atom. The molecular formula is C18H28N2O. The highest BCUT2D eigenvalue weighted by Gasteiger charge is 2.31. The van der Waals surface area contributed by atoms with Gasteiger partial charge in [0, 0.05) is 6.54 Å². The summed E-state index contributed by atoms with van der Waals surface area (Å²) < 4.78 is 0. The van der Waals surface area contributed by atoms with Crippen LogP contribution < -0.4 is 11.1 Å². The van der Waals surface area contributed by atoms with Crippen molar-refractivity contribution in [3.05, 3.63) is 35.9 Å². The zero-order chi connectivity index (χ0) is 15.3. The molecule has 1 aliphatic carbocycles. The summed E-state index contributed by atoms with van der Waals surface area (Å²) in [4.78, 5) is 12.6. The number of amides is 1. The van der Waals surface area contributed by atoms with E-state index in [4.69, 9.17) is 5.73 Å². The molecule has 1 saturated carbocycles. The molecule has 0 saturated heterocycles. The summed E-state index contributed by atoms with van der Waals surface area (Å²) >= 11 is 0. The summed E-state index contributed by atoms with van der Waals surface area (Å²) in [6.45, 7) is 5.47. The maximum atomic E-state index is 12.6. The zero-order valence-electron chi connectivity index (χ0n) is 13.3. The summed E-state index contributed by atoms with van der Waals surface area (Å²) in [6.07, 6.45) is 4.94. The molecule has 0 radical (unpaired) electrons. The smallest absolute Gasteiger partial charge is 0.230 e. The fraction of sp³-hybridized carbons (Fsp3) is 0.611. The number of nitrogens with one attached hydrogen (secondary N) is 1. The minimum atomic E-state index is -0.492. The van der Waals surface area contributed by atoms with Gasteiger partial charge in [-0.3, -0.25) is 4.79 Å². The molecule has 0 spiro atoms. The molecule has 2 rings (SSSR count). The fourth-order valence-electron chi connectivity index (χ4n) is 3.29. The third-order valence-corrected chi connectivity index (χ3v) is 4.96. The number of hydrogen-bond acceptors (Lipinski definition) is 2. The highest BCUT2D eigenvalue weighted by atomic mass is 16.2. The van der Waals surface area contributed by atoms with Gasteiger partial charge >= 0.3 is 0 Å². The van der Waals surface area contributed by atoms with Gasteiger partial charge in [0.1, 0.15) is 0 Å². The fourth-order valence-corrected chi connectivity index (χ4v) is 3.29. The van der Waals surface area contributed by atoms with E-state index in [1.807, 2.05) is 44.2 Å². The van der Waals surface area contributed by atoms with Crippen LogP contribution in [-0.2, 0) is 10.2 Å². The second kappa shape index (κ2) is 7.08. The standard InChI is InChI=1S/C18H28N2O/c1-18(2,16-10-4-3-5-11-16)17(21)20-13-15-9-7-6-8-14(15)12-19/h3-5,10-11,14-15H,6-9,12-13,19H2,1-2H3,(H,20,21). The van der Waals surface area contributed by atoms with Gasteiger partial charge in [0.15, 0.2) is 0 Å². The van der Waals surface area contributed by atoms with E-state index in [-0.39, 0.29) is 5.91 Å². The number of nitrogens with two attached hydrogens (primary N) is 1. The van der Waals surface area contributed by atoms with Crippen LogP contribution in [-0.4, -0.2) is 19.0 Å². The molecule has 116 valence electrons. The first-order chi connectivity index (χ1) is 10.1. The van der Waals surface area contributed by atoms with Crippen molar-refractivity contribution < 1.29 is 4.79 Å². The molecule has 0 heterocycles. The molecule has 1 aliphatic rings. The highest BCUT2D eigenvalue weighted by molar-refractivity contribution is 5.87. The molecule has 3 N–H and O–H groups in total. The van der Waals surface area contributed by atoms with Gasteiger partial charge in [-0.15, -0.1) is 0 Å². The molecule has 21 heavy (non-hydrogen) atoms. The summed E-state index contributed by atoms with van der Waals surface area (Å²) in [7, 11) is 0. The van der Waals surface area contributed by atoms with Crippen molar-refractivity contribution in [2.45, 2.75) is 44.9 Å². The third kappa shape index (κ3) is 3.85. The predicted molar refractivity (Wildman–Crippen MR) is 87.0 cm³/mol. The van der Waals surface area contributed by atoms with Crippen LogP contribution in [0, 0.1) is 11.8 Å². The van der Waals surface area contributed by atoms with E-state index in [1.165, 1.54) is 25.7 Å². The van der Waals surface area contributed by atoms with Crippen molar-refractivity contribution in [1.29, 1.82) is 0 Å². The van der Waals surface area contributed by atoms with E-state index in [2.05, 4.69) is 5.32 Å². The number of carbonyl (C=O) groups excluding carboxylic acids is 1. The number of rotatable bonds is 5. The van der Waals surface area contributed by atoms with Crippen LogP contribution >= 0.6 is 0 Å². The lowest BCUT2D eigenvalue weighted by atomic mass is 9.78. The zero-order valence-corrected chi connectivity index (χ0v) is 13.3. The maximum absolute atomic E-state index is 12.6. The first kappa shape index (κ1) is 16.0. The molecule has 2 atom stereocenters. The van der Waals surface area contributed by atoms with E-state index in [0.717, 1.165) is 18.7 Å². The van der Waals surface area contributed by atoms with E-state index < -0.39 is 5.41 Å². The lowest BCUT2D eigenvalue weighted by Crippen LogP contribution is -2.44. The highest BCUT2D eigenvalue weighted by Crippen LogP contribution is 2.29. The molecule has 0 aromatic heterocycles. The first-order valence-corrected chi connectivity index (χ1v) is 8.09. The lowest BCUT2D eigenvalue weighted by Gasteiger charge is -2.32. The van der Waals surface area contributed by atoms with Crippen LogP contribution in [0.15, 0.2) is 30.3 Å². The Hall–Kier alpha value is -1.35. The van der Waals surface area contributed by atoms with Gasteiger partial charge < -0.3 is 11.1 Å². The minimum absolute atomic E-state index is 0.107. The van der Waals surface area contributed by atoms with Crippen molar-refractivity contribution in [2.75, 3.05) is 13.1 Å². The molecule has 1 fully saturated rings. The quantitative estimate of drug-likeness (QED) is 0.875. The van der Waals surface area contributed by atoms with Crippen LogP contribution in [0.1, 0.15) is 45.1 Å². The van der Waals surface area contributed by atoms with Gasteiger partial charge in [-0.2, -0.15) is 0 Å². The Labute approximate surface area is 128 Å². The average molecular weight is 288 g/mol. The van der Waals surface area contributed by atoms with Crippen molar-refractivity contribution in [3.63, 3.8) is 0 Å². The minimum Gasteiger partial charge on any atom is -0.355 e. The predicted octanol–water partition coefficient (Wildman–Crippen LogP) is 2.85. The molecular weight excluding hydrogens is 260 g/mol. The second-order valence-electron chi connectivity index (χ2n) is 6.74. The van der Waals surface area contributed by atoms with Crippen LogP contribution in [0.3, 0.4) is 0 Å². The van der Waals surface area contributed by atoms with E-state index >= 15 is 0 Å². The molecule has 3 nitrogen and oxygen atoms in total. The number of benzene rings is 1. The Morgan fingerprint density at radius 1 is 1.19 bits per heavy atom.